The van der Waals surface area contributed by atoms with Crippen molar-refractivity contribution in [3.8, 4) is 0 Å². The van der Waals surface area contributed by atoms with Gasteiger partial charge in [-0.15, -0.1) is 0 Å². The first-order valence-corrected chi connectivity index (χ1v) is 6.53. The Labute approximate surface area is 109 Å². The Balaban J connectivity index is 2.79. The van der Waals surface area contributed by atoms with E-state index in [0.717, 1.165) is 25.7 Å². The Morgan fingerprint density at radius 2 is 1.83 bits per heavy atom. The normalized spacial score (nSPS) is 22.3. The maximum atomic E-state index is 11.9. The van der Waals surface area contributed by atoms with Crippen LogP contribution in [0.4, 0.5) is 4.79 Å². The molecule has 5 nitrogen and oxygen atoms in total. The minimum Gasteiger partial charge on any atom is -0.444 e. The molecule has 0 aromatic carbocycles. The van der Waals surface area contributed by atoms with Crippen LogP contribution in [0.25, 0.3) is 0 Å². The summed E-state index contributed by atoms with van der Waals surface area (Å²) in [6.07, 6.45) is 3.10. The van der Waals surface area contributed by atoms with Crippen molar-refractivity contribution in [2.45, 2.75) is 70.1 Å². The molecule has 18 heavy (non-hydrogen) atoms. The van der Waals surface area contributed by atoms with Crippen LogP contribution < -0.4 is 11.1 Å². The summed E-state index contributed by atoms with van der Waals surface area (Å²) >= 11 is 0. The van der Waals surface area contributed by atoms with E-state index >= 15 is 0 Å². The minimum atomic E-state index is -0.833. The number of aliphatic hydroxyl groups excluding tert-OH is 1. The van der Waals surface area contributed by atoms with Gasteiger partial charge in [0.1, 0.15) is 5.60 Å². The lowest BCUT2D eigenvalue weighted by Gasteiger charge is -2.43. The van der Waals surface area contributed by atoms with E-state index in [1.807, 2.05) is 20.8 Å². The van der Waals surface area contributed by atoms with Crippen LogP contribution in [0.2, 0.25) is 0 Å². The predicted octanol–water partition coefficient (Wildman–Crippen LogP) is 1.53. The molecule has 5 heteroatoms. The van der Waals surface area contributed by atoms with Crippen molar-refractivity contribution >= 4 is 6.09 Å². The number of hydrogen-bond acceptors (Lipinski definition) is 4. The Morgan fingerprint density at radius 3 is 2.22 bits per heavy atom. The quantitative estimate of drug-likeness (QED) is 0.716. The Hall–Kier alpha value is -0.810. The fraction of sp³-hybridized carbons (Fsp3) is 0.923. The number of amides is 1. The van der Waals surface area contributed by atoms with E-state index in [9.17, 15) is 9.90 Å². The van der Waals surface area contributed by atoms with Crippen molar-refractivity contribution in [2.24, 2.45) is 5.73 Å². The zero-order valence-corrected chi connectivity index (χ0v) is 11.9. The fourth-order valence-electron chi connectivity index (χ4n) is 2.47. The third-order valence-electron chi connectivity index (χ3n) is 3.62. The van der Waals surface area contributed by atoms with Gasteiger partial charge in [-0.05, 0) is 40.5 Å². The molecule has 1 rings (SSSR count). The molecule has 1 amide bonds. The third-order valence-corrected chi connectivity index (χ3v) is 3.62. The third kappa shape index (κ3) is 3.36. The lowest BCUT2D eigenvalue weighted by molar-refractivity contribution is 0.0335. The lowest BCUT2D eigenvalue weighted by atomic mass is 9.77. The standard InChI is InChI=1S/C13H26N2O3/c1-11(2,3)18-10(17)15-13(7-5-6-8-13)12(4,14)9-16/h16H,5-9,14H2,1-4H3,(H,15,17). The van der Waals surface area contributed by atoms with Crippen molar-refractivity contribution in [1.82, 2.24) is 5.32 Å². The summed E-state index contributed by atoms with van der Waals surface area (Å²) in [7, 11) is 0. The minimum absolute atomic E-state index is 0.164. The number of ether oxygens (including phenoxy) is 1. The van der Waals surface area contributed by atoms with E-state index in [4.69, 9.17) is 10.5 Å². The zero-order chi connectivity index (χ0) is 14.0. The summed E-state index contributed by atoms with van der Waals surface area (Å²) < 4.78 is 5.28. The van der Waals surface area contributed by atoms with Crippen molar-refractivity contribution in [3.05, 3.63) is 0 Å². The maximum Gasteiger partial charge on any atom is 0.408 e. The number of carbonyl (C=O) groups excluding carboxylic acids is 1. The first-order valence-electron chi connectivity index (χ1n) is 6.53. The molecule has 1 fully saturated rings. The summed E-state index contributed by atoms with van der Waals surface area (Å²) in [5, 5.41) is 12.3. The van der Waals surface area contributed by atoms with E-state index in [1.165, 1.54) is 0 Å². The highest BCUT2D eigenvalue weighted by Crippen LogP contribution is 2.37. The highest BCUT2D eigenvalue weighted by Gasteiger charge is 2.48. The van der Waals surface area contributed by atoms with Crippen molar-refractivity contribution in [2.75, 3.05) is 6.61 Å². The molecule has 0 aromatic rings. The molecule has 0 aromatic heterocycles. The van der Waals surface area contributed by atoms with Gasteiger partial charge in [0.15, 0.2) is 0 Å². The number of alkyl carbamates (subject to hydrolysis) is 1. The van der Waals surface area contributed by atoms with Crippen molar-refractivity contribution < 1.29 is 14.6 Å². The molecule has 106 valence electrons. The molecule has 0 heterocycles. The number of rotatable bonds is 3. The van der Waals surface area contributed by atoms with Gasteiger partial charge in [-0.25, -0.2) is 4.79 Å². The van der Waals surface area contributed by atoms with Gasteiger partial charge in [0.2, 0.25) is 0 Å². The van der Waals surface area contributed by atoms with Crippen LogP contribution in [0, 0.1) is 0 Å². The van der Waals surface area contributed by atoms with Crippen LogP contribution in [0.15, 0.2) is 0 Å². The summed E-state index contributed by atoms with van der Waals surface area (Å²) in [6, 6.07) is 0. The largest absolute Gasteiger partial charge is 0.444 e. The average Bonchev–Trinajstić information content (AvgIpc) is 2.64. The zero-order valence-electron chi connectivity index (χ0n) is 11.9. The second kappa shape index (κ2) is 5.05. The first-order chi connectivity index (χ1) is 8.12. The molecule has 0 spiro atoms. The van der Waals surface area contributed by atoms with Gasteiger partial charge < -0.3 is 20.9 Å². The van der Waals surface area contributed by atoms with Crippen molar-refractivity contribution in [1.29, 1.82) is 0 Å². The number of aliphatic hydroxyl groups is 1. The molecule has 0 aliphatic heterocycles. The van der Waals surface area contributed by atoms with Crippen LogP contribution in [0.3, 0.4) is 0 Å². The number of nitrogens with two attached hydrogens (primary N) is 1. The van der Waals surface area contributed by atoms with Gasteiger partial charge in [0.05, 0.1) is 17.7 Å². The smallest absolute Gasteiger partial charge is 0.408 e. The van der Waals surface area contributed by atoms with Gasteiger partial charge >= 0.3 is 6.09 Å². The molecule has 0 bridgehead atoms. The molecule has 4 N–H and O–H groups in total. The van der Waals surface area contributed by atoms with E-state index in [-0.39, 0.29) is 6.61 Å². The van der Waals surface area contributed by atoms with Gasteiger partial charge in [0.25, 0.3) is 0 Å². The number of carbonyl (C=O) groups is 1. The molecule has 1 aliphatic carbocycles. The molecule has 0 radical (unpaired) electrons. The average molecular weight is 258 g/mol. The predicted molar refractivity (Wildman–Crippen MR) is 70.2 cm³/mol. The maximum absolute atomic E-state index is 11.9. The summed E-state index contributed by atoms with van der Waals surface area (Å²) in [6.45, 7) is 7.07. The molecule has 0 saturated heterocycles. The van der Waals surface area contributed by atoms with E-state index in [0.29, 0.717) is 0 Å². The molecule has 1 unspecified atom stereocenters. The van der Waals surface area contributed by atoms with Gasteiger partial charge in [-0.2, -0.15) is 0 Å². The second-order valence-electron chi connectivity index (χ2n) is 6.49. The molecular weight excluding hydrogens is 232 g/mol. The van der Waals surface area contributed by atoms with Crippen LogP contribution in [0.5, 0.6) is 0 Å². The summed E-state index contributed by atoms with van der Waals surface area (Å²) in [4.78, 5) is 11.9. The highest BCUT2D eigenvalue weighted by atomic mass is 16.6. The summed E-state index contributed by atoms with van der Waals surface area (Å²) in [5.74, 6) is 0. The topological polar surface area (TPSA) is 84.6 Å². The van der Waals surface area contributed by atoms with Crippen LogP contribution in [-0.4, -0.2) is 34.5 Å². The molecular formula is C13H26N2O3. The molecule has 1 saturated carbocycles. The van der Waals surface area contributed by atoms with Crippen molar-refractivity contribution in [3.63, 3.8) is 0 Å². The lowest BCUT2D eigenvalue weighted by Crippen LogP contribution is -2.68. The van der Waals surface area contributed by atoms with Gasteiger partial charge in [-0.3, -0.25) is 0 Å². The van der Waals surface area contributed by atoms with Gasteiger partial charge in [0, 0.05) is 0 Å². The highest BCUT2D eigenvalue weighted by molar-refractivity contribution is 5.69. The Morgan fingerprint density at radius 1 is 1.33 bits per heavy atom. The second-order valence-corrected chi connectivity index (χ2v) is 6.49. The molecule has 1 atom stereocenters. The SMILES string of the molecule is CC(C)(C)OC(=O)NC1(C(C)(N)CO)CCCC1. The van der Waals surface area contributed by atoms with Crippen LogP contribution in [-0.2, 0) is 4.74 Å². The number of hydrogen-bond donors (Lipinski definition) is 3. The monoisotopic (exact) mass is 258 g/mol. The van der Waals surface area contributed by atoms with Crippen LogP contribution in [0.1, 0.15) is 53.4 Å². The Bertz CT molecular complexity index is 302. The molecule has 1 aliphatic rings. The Kier molecular flexibility index (Phi) is 4.28. The fourth-order valence-corrected chi connectivity index (χ4v) is 2.47. The summed E-state index contributed by atoms with van der Waals surface area (Å²) in [5.41, 5.74) is 4.22. The van der Waals surface area contributed by atoms with E-state index < -0.39 is 22.8 Å². The van der Waals surface area contributed by atoms with Gasteiger partial charge in [-0.1, -0.05) is 12.8 Å². The van der Waals surface area contributed by atoms with E-state index in [2.05, 4.69) is 5.32 Å². The number of nitrogens with one attached hydrogen (secondary N) is 1. The van der Waals surface area contributed by atoms with Crippen LogP contribution >= 0.6 is 0 Å². The van der Waals surface area contributed by atoms with E-state index in [1.54, 1.807) is 6.92 Å². The first kappa shape index (κ1) is 15.2.